The van der Waals surface area contributed by atoms with Gasteiger partial charge in [-0.2, -0.15) is 0 Å². The van der Waals surface area contributed by atoms with Crippen molar-refractivity contribution in [3.8, 4) is 11.1 Å². The third kappa shape index (κ3) is 5.07. The van der Waals surface area contributed by atoms with Crippen molar-refractivity contribution in [2.75, 3.05) is 19.8 Å². The zero-order chi connectivity index (χ0) is 24.2. The highest BCUT2D eigenvalue weighted by atomic mass is 16.5. The van der Waals surface area contributed by atoms with Gasteiger partial charge in [-0.1, -0.05) is 62.4 Å². The van der Waals surface area contributed by atoms with E-state index in [1.54, 1.807) is 0 Å². The molecule has 0 aromatic heterocycles. The molecule has 0 bridgehead atoms. The van der Waals surface area contributed by atoms with Gasteiger partial charge in [0.05, 0.1) is 19.3 Å². The average Bonchev–Trinajstić information content (AvgIpc) is 3.39. The van der Waals surface area contributed by atoms with Crippen molar-refractivity contribution < 1.29 is 29.0 Å². The fraction of sp³-hybridized carbons (Fsp3) is 0.423. The first-order valence-corrected chi connectivity index (χ1v) is 11.6. The molecule has 0 radical (unpaired) electrons. The molecule has 2 aromatic carbocycles. The molecule has 1 saturated heterocycles. The highest BCUT2D eigenvalue weighted by Crippen LogP contribution is 2.44. The number of amides is 2. The van der Waals surface area contributed by atoms with Gasteiger partial charge in [-0.3, -0.25) is 9.59 Å². The Balaban J connectivity index is 1.40. The minimum Gasteiger partial charge on any atom is -0.481 e. The normalized spacial score (nSPS) is 19.9. The number of carboxylic acids is 1. The molecule has 1 fully saturated rings. The molecule has 3 N–H and O–H groups in total. The summed E-state index contributed by atoms with van der Waals surface area (Å²) in [5.74, 6) is -2.23. The fourth-order valence-corrected chi connectivity index (χ4v) is 4.71. The summed E-state index contributed by atoms with van der Waals surface area (Å²) in [7, 11) is 0. The number of ether oxygens (including phenoxy) is 2. The molecule has 4 rings (SSSR count). The Kier molecular flexibility index (Phi) is 7.17. The third-order valence-corrected chi connectivity index (χ3v) is 6.38. The molecule has 8 heteroatoms. The minimum absolute atomic E-state index is 0.0505. The zero-order valence-electron chi connectivity index (χ0n) is 19.3. The fourth-order valence-electron chi connectivity index (χ4n) is 4.71. The van der Waals surface area contributed by atoms with Crippen molar-refractivity contribution in [2.24, 2.45) is 11.8 Å². The second-order valence-corrected chi connectivity index (χ2v) is 9.25. The predicted octanol–water partition coefficient (Wildman–Crippen LogP) is 3.16. The van der Waals surface area contributed by atoms with Crippen LogP contribution in [0.15, 0.2) is 48.5 Å². The van der Waals surface area contributed by atoms with Gasteiger partial charge in [0.2, 0.25) is 5.91 Å². The van der Waals surface area contributed by atoms with Crippen LogP contribution < -0.4 is 10.6 Å². The monoisotopic (exact) mass is 466 g/mol. The molecule has 1 heterocycles. The van der Waals surface area contributed by atoms with E-state index in [2.05, 4.69) is 22.8 Å². The highest BCUT2D eigenvalue weighted by molar-refractivity contribution is 5.86. The van der Waals surface area contributed by atoms with Crippen LogP contribution in [-0.2, 0) is 19.1 Å². The maximum absolute atomic E-state index is 12.9. The van der Waals surface area contributed by atoms with Crippen LogP contribution >= 0.6 is 0 Å². The van der Waals surface area contributed by atoms with E-state index in [0.717, 1.165) is 22.3 Å². The summed E-state index contributed by atoms with van der Waals surface area (Å²) in [5.41, 5.74) is 4.48. The molecule has 2 aromatic rings. The van der Waals surface area contributed by atoms with E-state index in [4.69, 9.17) is 9.47 Å². The van der Waals surface area contributed by atoms with Gasteiger partial charge in [0, 0.05) is 5.92 Å². The maximum Gasteiger partial charge on any atom is 0.407 e. The molecule has 3 unspecified atom stereocenters. The van der Waals surface area contributed by atoms with Gasteiger partial charge in [-0.15, -0.1) is 0 Å². The molecule has 8 nitrogen and oxygen atoms in total. The van der Waals surface area contributed by atoms with Crippen LogP contribution in [0.3, 0.4) is 0 Å². The lowest BCUT2D eigenvalue weighted by molar-refractivity contribution is -0.142. The van der Waals surface area contributed by atoms with Gasteiger partial charge in [-0.25, -0.2) is 4.79 Å². The van der Waals surface area contributed by atoms with Crippen molar-refractivity contribution in [3.05, 3.63) is 59.7 Å². The number of alkyl carbamates (subject to hydrolysis) is 1. The highest BCUT2D eigenvalue weighted by Gasteiger charge is 2.37. The molecule has 34 heavy (non-hydrogen) atoms. The number of carboxylic acid groups (broad SMARTS) is 1. The quantitative estimate of drug-likeness (QED) is 0.551. The Morgan fingerprint density at radius 1 is 1.03 bits per heavy atom. The molecular weight excluding hydrogens is 436 g/mol. The van der Waals surface area contributed by atoms with Crippen LogP contribution in [0.4, 0.5) is 4.79 Å². The van der Waals surface area contributed by atoms with Crippen molar-refractivity contribution in [2.45, 2.75) is 38.3 Å². The number of carbonyl (C=O) groups excluding carboxylic acids is 2. The first-order valence-electron chi connectivity index (χ1n) is 11.6. The largest absolute Gasteiger partial charge is 0.481 e. The summed E-state index contributed by atoms with van der Waals surface area (Å²) in [6, 6.07) is 14.7. The van der Waals surface area contributed by atoms with E-state index in [9.17, 15) is 19.5 Å². The van der Waals surface area contributed by atoms with Crippen LogP contribution in [0.1, 0.15) is 37.3 Å². The number of aliphatic carboxylic acids is 1. The Bertz CT molecular complexity index is 1020. The van der Waals surface area contributed by atoms with Crippen molar-refractivity contribution in [1.82, 2.24) is 10.6 Å². The lowest BCUT2D eigenvalue weighted by Crippen LogP contribution is -2.52. The van der Waals surface area contributed by atoms with E-state index in [-0.39, 0.29) is 31.7 Å². The van der Waals surface area contributed by atoms with E-state index in [0.29, 0.717) is 6.42 Å². The molecule has 2 amide bonds. The molecule has 0 saturated carbocycles. The Morgan fingerprint density at radius 3 is 2.24 bits per heavy atom. The third-order valence-electron chi connectivity index (χ3n) is 6.38. The van der Waals surface area contributed by atoms with Crippen LogP contribution in [0.5, 0.6) is 0 Å². The van der Waals surface area contributed by atoms with E-state index >= 15 is 0 Å². The zero-order valence-corrected chi connectivity index (χ0v) is 19.3. The second-order valence-electron chi connectivity index (χ2n) is 9.25. The topological polar surface area (TPSA) is 114 Å². The molecule has 2 aliphatic rings. The lowest BCUT2D eigenvalue weighted by Gasteiger charge is -2.23. The van der Waals surface area contributed by atoms with Gasteiger partial charge < -0.3 is 25.2 Å². The summed E-state index contributed by atoms with van der Waals surface area (Å²) < 4.78 is 10.8. The number of rotatable bonds is 8. The van der Waals surface area contributed by atoms with Crippen molar-refractivity contribution in [3.63, 3.8) is 0 Å². The minimum atomic E-state index is -1.02. The van der Waals surface area contributed by atoms with E-state index < -0.39 is 36.0 Å². The van der Waals surface area contributed by atoms with Gasteiger partial charge in [0.25, 0.3) is 0 Å². The van der Waals surface area contributed by atoms with E-state index in [1.807, 2.05) is 50.2 Å². The average molecular weight is 467 g/mol. The van der Waals surface area contributed by atoms with Crippen molar-refractivity contribution in [1.29, 1.82) is 0 Å². The number of hydrogen-bond donors (Lipinski definition) is 3. The molecule has 3 atom stereocenters. The Morgan fingerprint density at radius 2 is 1.65 bits per heavy atom. The predicted molar refractivity (Wildman–Crippen MR) is 125 cm³/mol. The maximum atomic E-state index is 12.9. The molecular formula is C26H30N2O6. The Labute approximate surface area is 198 Å². The smallest absolute Gasteiger partial charge is 0.407 e. The first kappa shape index (κ1) is 23.8. The number of fused-ring (bicyclic) bond motifs is 3. The van der Waals surface area contributed by atoms with Crippen LogP contribution in [0, 0.1) is 11.8 Å². The first-order chi connectivity index (χ1) is 16.3. The number of carbonyl (C=O) groups is 3. The van der Waals surface area contributed by atoms with Crippen LogP contribution in [0.2, 0.25) is 0 Å². The second kappa shape index (κ2) is 10.3. The van der Waals surface area contributed by atoms with E-state index in [1.165, 1.54) is 0 Å². The van der Waals surface area contributed by atoms with Crippen LogP contribution in [0.25, 0.3) is 11.1 Å². The van der Waals surface area contributed by atoms with Crippen LogP contribution in [-0.4, -0.2) is 55.0 Å². The molecule has 180 valence electrons. The summed E-state index contributed by atoms with van der Waals surface area (Å²) in [6.45, 7) is 4.21. The summed E-state index contributed by atoms with van der Waals surface area (Å²) in [6.07, 6.45) is -0.290. The summed E-state index contributed by atoms with van der Waals surface area (Å²) in [4.78, 5) is 37.0. The standard InChI is InChI=1S/C26H30N2O6/c1-15(2)11-22(24(29)27-23-14-33-12-21(23)25(30)31)28-26(32)34-13-20-18-9-5-3-7-16(18)17-8-4-6-10-19(17)20/h3-10,15,20-23H,11-14H2,1-2H3,(H,27,29)(H,28,32)(H,30,31). The van der Waals surface area contributed by atoms with Gasteiger partial charge in [-0.05, 0) is 34.6 Å². The SMILES string of the molecule is CC(C)CC(NC(=O)OCC1c2ccccc2-c2ccccc21)C(=O)NC1COCC1C(=O)O. The lowest BCUT2D eigenvalue weighted by atomic mass is 9.98. The molecule has 1 aliphatic carbocycles. The molecule has 1 aliphatic heterocycles. The summed E-state index contributed by atoms with van der Waals surface area (Å²) in [5, 5.41) is 14.7. The van der Waals surface area contributed by atoms with Gasteiger partial charge >= 0.3 is 12.1 Å². The number of nitrogens with one attached hydrogen (secondary N) is 2. The Hall–Kier alpha value is -3.39. The number of hydrogen-bond acceptors (Lipinski definition) is 5. The van der Waals surface area contributed by atoms with Gasteiger partial charge in [0.1, 0.15) is 18.6 Å². The molecule has 0 spiro atoms. The van der Waals surface area contributed by atoms with Gasteiger partial charge in [0.15, 0.2) is 0 Å². The summed E-state index contributed by atoms with van der Waals surface area (Å²) >= 11 is 0. The van der Waals surface area contributed by atoms with Crippen molar-refractivity contribution >= 4 is 18.0 Å². The number of benzene rings is 2.